The molecule has 4 rings (SSSR count). The van der Waals surface area contributed by atoms with Gasteiger partial charge in [0, 0.05) is 31.7 Å². The Labute approximate surface area is 187 Å². The van der Waals surface area contributed by atoms with Gasteiger partial charge in [-0.15, -0.1) is 0 Å². The Morgan fingerprint density at radius 2 is 1.97 bits per heavy atom. The van der Waals surface area contributed by atoms with E-state index in [1.807, 2.05) is 26.0 Å². The molecule has 0 radical (unpaired) electrons. The summed E-state index contributed by atoms with van der Waals surface area (Å²) in [6.45, 7) is 5.15. The summed E-state index contributed by atoms with van der Waals surface area (Å²) in [5, 5.41) is 3.77. The van der Waals surface area contributed by atoms with E-state index < -0.39 is 11.6 Å². The van der Waals surface area contributed by atoms with Crippen molar-refractivity contribution in [2.24, 2.45) is 7.05 Å². The molecule has 1 aliphatic heterocycles. The van der Waals surface area contributed by atoms with Crippen molar-refractivity contribution in [1.29, 1.82) is 0 Å². The Morgan fingerprint density at radius 1 is 1.26 bits per heavy atom. The van der Waals surface area contributed by atoms with Crippen molar-refractivity contribution in [3.05, 3.63) is 67.7 Å². The molecule has 1 N–H and O–H groups in total. The zero-order chi connectivity index (χ0) is 22.3. The minimum absolute atomic E-state index is 0.0306. The second-order valence-corrected chi connectivity index (χ2v) is 8.85. The number of nitrogens with zero attached hydrogens (tertiary/aromatic N) is 2. The highest BCUT2D eigenvalue weighted by Crippen LogP contribution is 2.33. The van der Waals surface area contributed by atoms with Crippen LogP contribution in [0, 0.1) is 18.6 Å². The molecule has 2 aromatic carbocycles. The molecule has 0 spiro atoms. The second kappa shape index (κ2) is 8.67. The molecule has 0 bridgehead atoms. The summed E-state index contributed by atoms with van der Waals surface area (Å²) < 4.78 is 34.6. The van der Waals surface area contributed by atoms with E-state index in [1.165, 1.54) is 6.07 Å². The molecule has 8 heteroatoms. The average molecular weight is 492 g/mol. The molecule has 1 aromatic heterocycles. The quantitative estimate of drug-likeness (QED) is 0.499. The lowest BCUT2D eigenvalue weighted by Gasteiger charge is -2.25. The number of nitrogens with one attached hydrogen (secondary N) is 1. The number of hydrogen-bond acceptors (Lipinski definition) is 4. The third-order valence-corrected chi connectivity index (χ3v) is 6.62. The van der Waals surface area contributed by atoms with E-state index in [0.29, 0.717) is 29.8 Å². The van der Waals surface area contributed by atoms with Crippen molar-refractivity contribution in [3.8, 4) is 0 Å². The number of benzene rings is 2. The van der Waals surface area contributed by atoms with E-state index in [1.54, 1.807) is 11.6 Å². The van der Waals surface area contributed by atoms with Crippen LogP contribution in [0.2, 0.25) is 0 Å². The van der Waals surface area contributed by atoms with Gasteiger partial charge in [0.2, 0.25) is 0 Å². The molecular formula is C23H24BrF2N3O2. The number of hydrogen-bond donors (Lipinski definition) is 1. The van der Waals surface area contributed by atoms with Crippen LogP contribution in [0.25, 0.3) is 10.9 Å². The topological polar surface area (TPSA) is 56.2 Å². The summed E-state index contributed by atoms with van der Waals surface area (Å²) in [7, 11) is 1.77. The maximum Gasteiger partial charge on any atom is 0.261 e. The first-order valence-corrected chi connectivity index (χ1v) is 11.1. The van der Waals surface area contributed by atoms with Crippen LogP contribution in [0.4, 0.5) is 14.5 Å². The first kappa shape index (κ1) is 21.9. The highest BCUT2D eigenvalue weighted by atomic mass is 79.9. The van der Waals surface area contributed by atoms with Gasteiger partial charge in [0.15, 0.2) is 11.6 Å². The molecule has 2 heterocycles. The number of aromatic nitrogens is 2. The van der Waals surface area contributed by atoms with Crippen LogP contribution >= 0.6 is 15.9 Å². The number of fused-ring (bicyclic) bond motifs is 1. The van der Waals surface area contributed by atoms with Gasteiger partial charge in [-0.2, -0.15) is 0 Å². The summed E-state index contributed by atoms with van der Waals surface area (Å²) >= 11 is 3.12. The maximum atomic E-state index is 14.0. The smallest absolute Gasteiger partial charge is 0.261 e. The van der Waals surface area contributed by atoms with Gasteiger partial charge < -0.3 is 10.1 Å². The summed E-state index contributed by atoms with van der Waals surface area (Å²) in [6, 6.07) is 6.10. The van der Waals surface area contributed by atoms with Crippen LogP contribution in [0.1, 0.15) is 48.7 Å². The van der Waals surface area contributed by atoms with E-state index >= 15 is 0 Å². The van der Waals surface area contributed by atoms with Crippen LogP contribution in [0.15, 0.2) is 33.5 Å². The Bertz CT molecular complexity index is 1210. The predicted octanol–water partition coefficient (Wildman–Crippen LogP) is 5.35. The third-order valence-electron chi connectivity index (χ3n) is 5.85. The van der Waals surface area contributed by atoms with Gasteiger partial charge in [0.1, 0.15) is 5.82 Å². The Kier molecular flexibility index (Phi) is 6.12. The molecule has 0 amide bonds. The van der Waals surface area contributed by atoms with Crippen molar-refractivity contribution in [1.82, 2.24) is 9.55 Å². The zero-order valence-corrected chi connectivity index (χ0v) is 19.2. The molecule has 0 saturated carbocycles. The average Bonchev–Trinajstić information content (AvgIpc) is 2.77. The zero-order valence-electron chi connectivity index (χ0n) is 17.6. The Hall–Kier alpha value is -2.32. The fraction of sp³-hybridized carbons (Fsp3) is 0.391. The highest BCUT2D eigenvalue weighted by Gasteiger charge is 2.23. The molecular weight excluding hydrogens is 468 g/mol. The van der Waals surface area contributed by atoms with Crippen LogP contribution in [-0.4, -0.2) is 22.8 Å². The van der Waals surface area contributed by atoms with Crippen LogP contribution in [0.3, 0.4) is 0 Å². The predicted molar refractivity (Wildman–Crippen MR) is 121 cm³/mol. The van der Waals surface area contributed by atoms with Crippen molar-refractivity contribution in [2.45, 2.75) is 38.6 Å². The van der Waals surface area contributed by atoms with Crippen molar-refractivity contribution < 1.29 is 13.5 Å². The summed E-state index contributed by atoms with van der Waals surface area (Å²) in [5.41, 5.74) is 2.73. The molecule has 1 saturated heterocycles. The van der Waals surface area contributed by atoms with Crippen LogP contribution in [0.5, 0.6) is 0 Å². The van der Waals surface area contributed by atoms with Gasteiger partial charge >= 0.3 is 0 Å². The standard InChI is InChI=1S/C23H24BrF2N3O2/c1-12-10-15(13(2)27-18-5-4-17(25)20(26)19(18)24)21-16(11-12)23(30)29(3)22(28-21)14-6-8-31-9-7-14/h4-5,10-11,13-14,27H,6-9H2,1-3H3. The summed E-state index contributed by atoms with van der Waals surface area (Å²) in [6.07, 6.45) is 1.64. The van der Waals surface area contributed by atoms with Crippen LogP contribution < -0.4 is 10.9 Å². The molecule has 3 aromatic rings. The van der Waals surface area contributed by atoms with Gasteiger partial charge in [-0.1, -0.05) is 6.07 Å². The lowest BCUT2D eigenvalue weighted by molar-refractivity contribution is 0.0828. The lowest BCUT2D eigenvalue weighted by Crippen LogP contribution is -2.27. The molecule has 1 fully saturated rings. The first-order valence-electron chi connectivity index (χ1n) is 10.3. The first-order chi connectivity index (χ1) is 14.8. The maximum absolute atomic E-state index is 14.0. The molecule has 164 valence electrons. The third kappa shape index (κ3) is 4.11. The summed E-state index contributed by atoms with van der Waals surface area (Å²) in [4.78, 5) is 18.1. The van der Waals surface area contributed by atoms with Gasteiger partial charge in [-0.05, 0) is 66.4 Å². The molecule has 0 aliphatic carbocycles. The fourth-order valence-corrected chi connectivity index (χ4v) is 4.60. The van der Waals surface area contributed by atoms with E-state index in [0.717, 1.165) is 35.9 Å². The Balaban J connectivity index is 1.82. The largest absolute Gasteiger partial charge is 0.381 e. The molecule has 1 unspecified atom stereocenters. The minimum atomic E-state index is -0.944. The Morgan fingerprint density at radius 3 is 2.68 bits per heavy atom. The fourth-order valence-electron chi connectivity index (χ4n) is 4.17. The van der Waals surface area contributed by atoms with Crippen LogP contribution in [-0.2, 0) is 11.8 Å². The number of anilines is 1. The van der Waals surface area contributed by atoms with Crippen molar-refractivity contribution >= 4 is 32.5 Å². The van der Waals surface area contributed by atoms with Crippen molar-refractivity contribution in [2.75, 3.05) is 18.5 Å². The van der Waals surface area contributed by atoms with Gasteiger partial charge in [0.25, 0.3) is 5.56 Å². The number of rotatable bonds is 4. The molecule has 1 aliphatic rings. The normalized spacial score (nSPS) is 15.9. The molecule has 5 nitrogen and oxygen atoms in total. The number of aryl methyl sites for hydroxylation is 1. The van der Waals surface area contributed by atoms with Gasteiger partial charge in [-0.3, -0.25) is 9.36 Å². The number of ether oxygens (including phenoxy) is 1. The van der Waals surface area contributed by atoms with Gasteiger partial charge in [-0.25, -0.2) is 13.8 Å². The molecule has 1 atom stereocenters. The molecule has 31 heavy (non-hydrogen) atoms. The monoisotopic (exact) mass is 491 g/mol. The summed E-state index contributed by atoms with van der Waals surface area (Å²) in [5.74, 6) is -0.946. The minimum Gasteiger partial charge on any atom is -0.381 e. The van der Waals surface area contributed by atoms with E-state index in [2.05, 4.69) is 21.2 Å². The number of halogens is 3. The second-order valence-electron chi connectivity index (χ2n) is 8.06. The van der Waals surface area contributed by atoms with E-state index in [9.17, 15) is 13.6 Å². The van der Waals surface area contributed by atoms with E-state index in [4.69, 9.17) is 9.72 Å². The highest BCUT2D eigenvalue weighted by molar-refractivity contribution is 9.10. The SMILES string of the molecule is Cc1cc(C(C)Nc2ccc(F)c(F)c2Br)c2nc(C3CCOCC3)n(C)c(=O)c2c1. The van der Waals surface area contributed by atoms with E-state index in [-0.39, 0.29) is 22.0 Å². The van der Waals surface area contributed by atoms with Crippen molar-refractivity contribution in [3.63, 3.8) is 0 Å². The van der Waals surface area contributed by atoms with Gasteiger partial charge in [0.05, 0.1) is 27.1 Å². The lowest BCUT2D eigenvalue weighted by atomic mass is 9.97.